The average molecular weight is 314 g/mol. The Bertz CT molecular complexity index is 778. The summed E-state index contributed by atoms with van der Waals surface area (Å²) in [6.07, 6.45) is 1.31. The molecule has 1 amide bonds. The van der Waals surface area contributed by atoms with Gasteiger partial charge < -0.3 is 19.7 Å². The van der Waals surface area contributed by atoms with Crippen LogP contribution in [0.1, 0.15) is 21.5 Å². The Kier molecular flexibility index (Phi) is 3.76. The van der Waals surface area contributed by atoms with E-state index in [-0.39, 0.29) is 18.3 Å². The second kappa shape index (κ2) is 5.88. The Morgan fingerprint density at radius 1 is 1.22 bits per heavy atom. The number of nitrogens with zero attached hydrogens (tertiary/aromatic N) is 1. The van der Waals surface area contributed by atoms with Crippen LogP contribution < -0.4 is 14.9 Å². The van der Waals surface area contributed by atoms with E-state index in [4.69, 9.17) is 9.47 Å². The fourth-order valence-electron chi connectivity index (χ4n) is 2.19. The fourth-order valence-corrected chi connectivity index (χ4v) is 2.19. The summed E-state index contributed by atoms with van der Waals surface area (Å²) in [5.74, 6) is 0.518. The molecule has 0 saturated heterocycles. The quantitative estimate of drug-likeness (QED) is 0.593. The molecule has 2 aromatic rings. The molecule has 0 saturated carbocycles. The van der Waals surface area contributed by atoms with Crippen LogP contribution in [-0.2, 0) is 0 Å². The van der Waals surface area contributed by atoms with Crippen molar-refractivity contribution in [3.05, 3.63) is 47.0 Å². The number of hydrazone groups is 1. The summed E-state index contributed by atoms with van der Waals surface area (Å²) in [7, 11) is 0. The van der Waals surface area contributed by atoms with Crippen LogP contribution in [0.2, 0.25) is 0 Å². The second-order valence-corrected chi connectivity index (χ2v) is 4.96. The highest BCUT2D eigenvalue weighted by molar-refractivity contribution is 5.96. The topological polar surface area (TPSA) is 100 Å². The molecule has 2 aromatic carbocycles. The Hall–Kier alpha value is -3.22. The number of hydrogen-bond donors (Lipinski definition) is 3. The van der Waals surface area contributed by atoms with E-state index in [0.717, 1.165) is 0 Å². The van der Waals surface area contributed by atoms with Crippen molar-refractivity contribution in [2.45, 2.75) is 6.92 Å². The van der Waals surface area contributed by atoms with Gasteiger partial charge in [0.05, 0.1) is 6.21 Å². The summed E-state index contributed by atoms with van der Waals surface area (Å²) < 4.78 is 10.4. The smallest absolute Gasteiger partial charge is 0.271 e. The third kappa shape index (κ3) is 3.03. The van der Waals surface area contributed by atoms with Gasteiger partial charge in [0.2, 0.25) is 6.79 Å². The van der Waals surface area contributed by atoms with Crippen molar-refractivity contribution < 1.29 is 24.5 Å². The molecule has 0 aromatic heterocycles. The fraction of sp³-hybridized carbons (Fsp3) is 0.125. The molecule has 0 unspecified atom stereocenters. The van der Waals surface area contributed by atoms with Gasteiger partial charge in [-0.1, -0.05) is 0 Å². The number of aryl methyl sites for hydroxylation is 1. The number of aromatic hydroxyl groups is 2. The van der Waals surface area contributed by atoms with E-state index in [1.165, 1.54) is 18.3 Å². The van der Waals surface area contributed by atoms with Crippen molar-refractivity contribution in [3.8, 4) is 23.0 Å². The number of benzene rings is 2. The van der Waals surface area contributed by atoms with Gasteiger partial charge in [-0.2, -0.15) is 5.10 Å². The predicted octanol–water partition coefficient (Wildman–Crippen LogP) is 1.90. The summed E-state index contributed by atoms with van der Waals surface area (Å²) in [6, 6.07) is 7.50. The van der Waals surface area contributed by atoms with Gasteiger partial charge >= 0.3 is 0 Å². The molecule has 0 atom stereocenters. The first kappa shape index (κ1) is 14.7. The van der Waals surface area contributed by atoms with Gasteiger partial charge in [-0.25, -0.2) is 5.43 Å². The number of carbonyl (C=O) groups excluding carboxylic acids is 1. The van der Waals surface area contributed by atoms with E-state index in [1.54, 1.807) is 25.1 Å². The van der Waals surface area contributed by atoms with Gasteiger partial charge in [0.15, 0.2) is 11.5 Å². The molecule has 23 heavy (non-hydrogen) atoms. The largest absolute Gasteiger partial charge is 0.508 e. The molecular formula is C16H14N2O5. The molecule has 0 spiro atoms. The summed E-state index contributed by atoms with van der Waals surface area (Å²) in [5, 5.41) is 23.0. The van der Waals surface area contributed by atoms with Gasteiger partial charge in [-0.15, -0.1) is 0 Å². The molecular weight excluding hydrogens is 300 g/mol. The second-order valence-electron chi connectivity index (χ2n) is 4.96. The van der Waals surface area contributed by atoms with Gasteiger partial charge in [0, 0.05) is 17.2 Å². The van der Waals surface area contributed by atoms with Crippen LogP contribution in [0.25, 0.3) is 0 Å². The standard InChI is InChI=1S/C16H14N2O5/c1-9-4-11(19)6-13(20)12(9)7-17-18-16(21)10-2-3-14-15(5-10)23-8-22-14/h2-7,19-20H,8H2,1H3,(H,18,21)/b17-7-. The van der Waals surface area contributed by atoms with E-state index in [2.05, 4.69) is 10.5 Å². The van der Waals surface area contributed by atoms with Gasteiger partial charge in [-0.3, -0.25) is 4.79 Å². The number of ether oxygens (including phenoxy) is 2. The lowest BCUT2D eigenvalue weighted by Crippen LogP contribution is -2.17. The molecule has 118 valence electrons. The third-order valence-electron chi connectivity index (χ3n) is 3.34. The maximum absolute atomic E-state index is 12.0. The number of phenolic OH excluding ortho intramolecular Hbond substituents is 2. The highest BCUT2D eigenvalue weighted by Crippen LogP contribution is 2.32. The molecule has 3 N–H and O–H groups in total. The van der Waals surface area contributed by atoms with Crippen LogP contribution in [0.3, 0.4) is 0 Å². The number of rotatable bonds is 3. The van der Waals surface area contributed by atoms with Crippen molar-refractivity contribution >= 4 is 12.1 Å². The van der Waals surface area contributed by atoms with Crippen LogP contribution in [0.15, 0.2) is 35.4 Å². The molecule has 0 bridgehead atoms. The predicted molar refractivity (Wildman–Crippen MR) is 82.1 cm³/mol. The van der Waals surface area contributed by atoms with Crippen LogP contribution in [0.5, 0.6) is 23.0 Å². The van der Waals surface area contributed by atoms with E-state index in [9.17, 15) is 15.0 Å². The summed E-state index contributed by atoms with van der Waals surface area (Å²) in [6.45, 7) is 1.85. The monoisotopic (exact) mass is 314 g/mol. The lowest BCUT2D eigenvalue weighted by Gasteiger charge is -2.05. The van der Waals surface area contributed by atoms with Gasteiger partial charge in [-0.05, 0) is 36.8 Å². The Morgan fingerprint density at radius 2 is 2.00 bits per heavy atom. The van der Waals surface area contributed by atoms with E-state index < -0.39 is 5.91 Å². The maximum atomic E-state index is 12.0. The Balaban J connectivity index is 1.72. The first-order valence-corrected chi connectivity index (χ1v) is 6.80. The zero-order valence-corrected chi connectivity index (χ0v) is 12.2. The number of nitrogens with one attached hydrogen (secondary N) is 1. The molecule has 3 rings (SSSR count). The first-order valence-electron chi connectivity index (χ1n) is 6.80. The molecule has 1 aliphatic rings. The molecule has 7 heteroatoms. The molecule has 0 radical (unpaired) electrons. The summed E-state index contributed by atoms with van der Waals surface area (Å²) >= 11 is 0. The number of amides is 1. The first-order chi connectivity index (χ1) is 11.0. The van der Waals surface area contributed by atoms with Crippen LogP contribution in [0, 0.1) is 6.92 Å². The van der Waals surface area contributed by atoms with Crippen molar-refractivity contribution in [2.24, 2.45) is 5.10 Å². The Morgan fingerprint density at radius 3 is 2.78 bits per heavy atom. The Labute approximate surface area is 131 Å². The molecule has 1 heterocycles. The SMILES string of the molecule is Cc1cc(O)cc(O)c1/C=N\NC(=O)c1ccc2c(c1)OCO2. The van der Waals surface area contributed by atoms with Crippen molar-refractivity contribution in [1.82, 2.24) is 5.43 Å². The van der Waals surface area contributed by atoms with E-state index >= 15 is 0 Å². The number of hydrogen-bond acceptors (Lipinski definition) is 6. The lowest BCUT2D eigenvalue weighted by molar-refractivity contribution is 0.0954. The van der Waals surface area contributed by atoms with Crippen molar-refractivity contribution in [2.75, 3.05) is 6.79 Å². The van der Waals surface area contributed by atoms with Gasteiger partial charge in [0.25, 0.3) is 5.91 Å². The maximum Gasteiger partial charge on any atom is 0.271 e. The average Bonchev–Trinajstić information content (AvgIpc) is 2.97. The molecule has 7 nitrogen and oxygen atoms in total. The zero-order chi connectivity index (χ0) is 16.4. The lowest BCUT2D eigenvalue weighted by atomic mass is 10.1. The highest BCUT2D eigenvalue weighted by atomic mass is 16.7. The minimum Gasteiger partial charge on any atom is -0.508 e. The third-order valence-corrected chi connectivity index (χ3v) is 3.34. The number of fused-ring (bicyclic) bond motifs is 1. The van der Waals surface area contributed by atoms with Crippen LogP contribution >= 0.6 is 0 Å². The van der Waals surface area contributed by atoms with E-state index in [1.807, 2.05) is 0 Å². The minimum atomic E-state index is -0.421. The van der Waals surface area contributed by atoms with Crippen molar-refractivity contribution in [1.29, 1.82) is 0 Å². The summed E-state index contributed by atoms with van der Waals surface area (Å²) in [4.78, 5) is 12.0. The normalized spacial score (nSPS) is 12.6. The molecule has 1 aliphatic heterocycles. The number of phenols is 2. The molecule has 0 fully saturated rings. The van der Waals surface area contributed by atoms with Gasteiger partial charge in [0.1, 0.15) is 11.5 Å². The van der Waals surface area contributed by atoms with Crippen molar-refractivity contribution in [3.63, 3.8) is 0 Å². The molecule has 0 aliphatic carbocycles. The zero-order valence-electron chi connectivity index (χ0n) is 12.2. The summed E-state index contributed by atoms with van der Waals surface area (Å²) in [5.41, 5.74) is 3.78. The van der Waals surface area contributed by atoms with Crippen LogP contribution in [0.4, 0.5) is 0 Å². The highest BCUT2D eigenvalue weighted by Gasteiger charge is 2.15. The van der Waals surface area contributed by atoms with Crippen LogP contribution in [-0.4, -0.2) is 29.1 Å². The van der Waals surface area contributed by atoms with E-state index in [0.29, 0.717) is 28.2 Å². The number of carbonyl (C=O) groups is 1. The minimum absolute atomic E-state index is 0.0402.